The Morgan fingerprint density at radius 1 is 1.09 bits per heavy atom. The molecule has 0 aliphatic rings. The average molecular weight is 322 g/mol. The van der Waals surface area contributed by atoms with Crippen LogP contribution in [0, 0.1) is 5.41 Å². The number of esters is 2. The smallest absolute Gasteiger partial charge is 0.323 e. The van der Waals surface area contributed by atoms with Gasteiger partial charge in [-0.1, -0.05) is 24.3 Å². The minimum atomic E-state index is -1.41. The number of carbonyl (C=O) groups excluding carboxylic acids is 2. The molecular formula is C17H22O6. The highest BCUT2D eigenvalue weighted by molar-refractivity contribution is 5.99. The van der Waals surface area contributed by atoms with Crippen molar-refractivity contribution in [1.82, 2.24) is 0 Å². The van der Waals surface area contributed by atoms with E-state index in [2.05, 4.69) is 9.47 Å². The van der Waals surface area contributed by atoms with Crippen molar-refractivity contribution in [3.05, 3.63) is 42.5 Å². The molecule has 0 N–H and O–H groups in total. The second-order valence-electron chi connectivity index (χ2n) is 4.98. The molecule has 0 saturated carbocycles. The van der Waals surface area contributed by atoms with E-state index in [4.69, 9.17) is 9.47 Å². The van der Waals surface area contributed by atoms with Crippen molar-refractivity contribution in [2.24, 2.45) is 5.41 Å². The molecule has 0 spiro atoms. The van der Waals surface area contributed by atoms with Gasteiger partial charge in [0.15, 0.2) is 5.41 Å². The number of para-hydroxylation sites is 1. The minimum Gasteiger partial charge on any atom is -0.468 e. The van der Waals surface area contributed by atoms with Gasteiger partial charge in [0, 0.05) is 7.11 Å². The van der Waals surface area contributed by atoms with Gasteiger partial charge in [-0.15, -0.1) is 0 Å². The third-order valence-electron chi connectivity index (χ3n) is 3.32. The first-order valence-corrected chi connectivity index (χ1v) is 7.06. The predicted octanol–water partition coefficient (Wildman–Crippen LogP) is 2.34. The van der Waals surface area contributed by atoms with Crippen molar-refractivity contribution in [3.8, 4) is 5.75 Å². The van der Waals surface area contributed by atoms with Crippen molar-refractivity contribution in [3.63, 3.8) is 0 Å². The summed E-state index contributed by atoms with van der Waals surface area (Å²) < 4.78 is 20.2. The van der Waals surface area contributed by atoms with E-state index in [1.165, 1.54) is 28.3 Å². The van der Waals surface area contributed by atoms with Crippen molar-refractivity contribution < 1.29 is 28.5 Å². The van der Waals surface area contributed by atoms with Crippen molar-refractivity contribution in [1.29, 1.82) is 0 Å². The summed E-state index contributed by atoms with van der Waals surface area (Å²) in [7, 11) is 3.95. The first-order chi connectivity index (χ1) is 11.0. The number of carbonyl (C=O) groups is 2. The molecule has 0 heterocycles. The van der Waals surface area contributed by atoms with E-state index < -0.39 is 23.6 Å². The van der Waals surface area contributed by atoms with Crippen LogP contribution in [0.5, 0.6) is 5.75 Å². The Labute approximate surface area is 136 Å². The SMILES string of the molecule is COC(=O)C(C)(C/C=C/C(OC)Oc1ccccc1)C(=O)OC. The molecule has 6 nitrogen and oxygen atoms in total. The number of ether oxygens (including phenoxy) is 4. The molecule has 0 aliphatic heterocycles. The van der Waals surface area contributed by atoms with Crippen LogP contribution in [-0.4, -0.2) is 39.6 Å². The van der Waals surface area contributed by atoms with Crippen LogP contribution >= 0.6 is 0 Å². The summed E-state index contributed by atoms with van der Waals surface area (Å²) in [5, 5.41) is 0. The van der Waals surface area contributed by atoms with Gasteiger partial charge in [-0.2, -0.15) is 0 Å². The van der Waals surface area contributed by atoms with E-state index in [0.717, 1.165) is 0 Å². The van der Waals surface area contributed by atoms with Gasteiger partial charge in [0.1, 0.15) is 5.75 Å². The van der Waals surface area contributed by atoms with Gasteiger partial charge in [0.05, 0.1) is 14.2 Å². The van der Waals surface area contributed by atoms with Crippen LogP contribution in [0.15, 0.2) is 42.5 Å². The summed E-state index contributed by atoms with van der Waals surface area (Å²) in [6.07, 6.45) is 2.71. The number of hydrogen-bond donors (Lipinski definition) is 0. The van der Waals surface area contributed by atoms with Crippen LogP contribution < -0.4 is 4.74 Å². The molecule has 23 heavy (non-hydrogen) atoms. The van der Waals surface area contributed by atoms with E-state index in [1.807, 2.05) is 18.2 Å². The van der Waals surface area contributed by atoms with Gasteiger partial charge in [0.2, 0.25) is 6.29 Å². The lowest BCUT2D eigenvalue weighted by Gasteiger charge is -2.22. The van der Waals surface area contributed by atoms with Gasteiger partial charge in [-0.25, -0.2) is 0 Å². The second-order valence-corrected chi connectivity index (χ2v) is 4.98. The summed E-state index contributed by atoms with van der Waals surface area (Å²) in [6, 6.07) is 9.16. The number of methoxy groups -OCH3 is 3. The van der Waals surface area contributed by atoms with Crippen LogP contribution in [-0.2, 0) is 23.8 Å². The fourth-order valence-electron chi connectivity index (χ4n) is 1.91. The van der Waals surface area contributed by atoms with Crippen LogP contribution in [0.4, 0.5) is 0 Å². The van der Waals surface area contributed by atoms with E-state index in [-0.39, 0.29) is 6.42 Å². The molecule has 1 aromatic rings. The molecule has 1 rings (SSSR count). The molecule has 0 aromatic heterocycles. The lowest BCUT2D eigenvalue weighted by Crippen LogP contribution is -2.38. The minimum absolute atomic E-state index is 0.102. The molecule has 0 saturated heterocycles. The summed E-state index contributed by atoms with van der Waals surface area (Å²) >= 11 is 0. The molecular weight excluding hydrogens is 300 g/mol. The van der Waals surface area contributed by atoms with Gasteiger partial charge in [0.25, 0.3) is 0 Å². The fourth-order valence-corrected chi connectivity index (χ4v) is 1.91. The van der Waals surface area contributed by atoms with Crippen LogP contribution in [0.1, 0.15) is 13.3 Å². The molecule has 0 bridgehead atoms. The van der Waals surface area contributed by atoms with Gasteiger partial charge in [-0.3, -0.25) is 9.59 Å². The standard InChI is InChI=1S/C17H22O6/c1-17(15(18)21-3,16(19)22-4)12-8-11-14(20-2)23-13-9-6-5-7-10-13/h5-11,14H,12H2,1-4H3/b11-8+. The highest BCUT2D eigenvalue weighted by atomic mass is 16.7. The Morgan fingerprint density at radius 3 is 2.13 bits per heavy atom. The molecule has 1 unspecified atom stereocenters. The van der Waals surface area contributed by atoms with Gasteiger partial charge in [-0.05, 0) is 31.6 Å². The third kappa shape index (κ3) is 5.10. The molecule has 0 radical (unpaired) electrons. The Kier molecular flexibility index (Phi) is 7.28. The Bertz CT molecular complexity index is 521. The predicted molar refractivity (Wildman–Crippen MR) is 83.8 cm³/mol. The van der Waals surface area contributed by atoms with E-state index in [9.17, 15) is 9.59 Å². The third-order valence-corrected chi connectivity index (χ3v) is 3.32. The normalized spacial score (nSPS) is 12.7. The largest absolute Gasteiger partial charge is 0.468 e. The zero-order valence-corrected chi connectivity index (χ0v) is 13.8. The van der Waals surface area contributed by atoms with Crippen molar-refractivity contribution in [2.45, 2.75) is 19.6 Å². The Balaban J connectivity index is 2.76. The molecule has 1 atom stereocenters. The molecule has 126 valence electrons. The quantitative estimate of drug-likeness (QED) is 0.317. The monoisotopic (exact) mass is 322 g/mol. The van der Waals surface area contributed by atoms with Gasteiger partial charge >= 0.3 is 11.9 Å². The van der Waals surface area contributed by atoms with Crippen LogP contribution in [0.2, 0.25) is 0 Å². The number of hydrogen-bond acceptors (Lipinski definition) is 6. The maximum absolute atomic E-state index is 11.9. The topological polar surface area (TPSA) is 71.1 Å². The highest BCUT2D eigenvalue weighted by Gasteiger charge is 2.42. The highest BCUT2D eigenvalue weighted by Crippen LogP contribution is 2.26. The summed E-state index contributed by atoms with van der Waals surface area (Å²) in [4.78, 5) is 23.7. The molecule has 1 aromatic carbocycles. The summed E-state index contributed by atoms with van der Waals surface area (Å²) in [5.41, 5.74) is -1.41. The molecule has 6 heteroatoms. The van der Waals surface area contributed by atoms with E-state index >= 15 is 0 Å². The Hall–Kier alpha value is -2.34. The van der Waals surface area contributed by atoms with Gasteiger partial charge < -0.3 is 18.9 Å². The number of benzene rings is 1. The molecule has 0 amide bonds. The summed E-state index contributed by atoms with van der Waals surface area (Å²) in [6.45, 7) is 1.47. The van der Waals surface area contributed by atoms with E-state index in [0.29, 0.717) is 5.75 Å². The van der Waals surface area contributed by atoms with Crippen molar-refractivity contribution >= 4 is 11.9 Å². The molecule has 0 fully saturated rings. The maximum atomic E-state index is 11.9. The number of allylic oxidation sites excluding steroid dienone is 1. The van der Waals surface area contributed by atoms with Crippen LogP contribution in [0.25, 0.3) is 0 Å². The second kappa shape index (κ2) is 8.95. The zero-order valence-electron chi connectivity index (χ0n) is 13.8. The first kappa shape index (κ1) is 18.7. The zero-order chi connectivity index (χ0) is 17.3. The lowest BCUT2D eigenvalue weighted by atomic mass is 9.86. The Morgan fingerprint density at radius 2 is 1.65 bits per heavy atom. The lowest BCUT2D eigenvalue weighted by molar-refractivity contribution is -0.167. The first-order valence-electron chi connectivity index (χ1n) is 7.06. The van der Waals surface area contributed by atoms with Crippen LogP contribution in [0.3, 0.4) is 0 Å². The number of rotatable bonds is 8. The maximum Gasteiger partial charge on any atom is 0.323 e. The van der Waals surface area contributed by atoms with E-state index in [1.54, 1.807) is 24.3 Å². The molecule has 0 aliphatic carbocycles. The fraction of sp³-hybridized carbons (Fsp3) is 0.412. The van der Waals surface area contributed by atoms with Crippen molar-refractivity contribution in [2.75, 3.05) is 21.3 Å². The summed E-state index contributed by atoms with van der Waals surface area (Å²) in [5.74, 6) is -0.674. The average Bonchev–Trinajstić information content (AvgIpc) is 2.59.